The molecular formula is C15H20N6S. The van der Waals surface area contributed by atoms with Gasteiger partial charge in [0.15, 0.2) is 5.82 Å². The highest BCUT2D eigenvalue weighted by atomic mass is 32.2. The van der Waals surface area contributed by atoms with Gasteiger partial charge in [-0.2, -0.15) is 0 Å². The first kappa shape index (κ1) is 15.1. The lowest BCUT2D eigenvalue weighted by Crippen LogP contribution is -2.47. The van der Waals surface area contributed by atoms with Crippen molar-refractivity contribution in [3.63, 3.8) is 0 Å². The highest BCUT2D eigenvalue weighted by molar-refractivity contribution is 7.99. The third-order valence-electron chi connectivity index (χ3n) is 3.57. The Bertz CT molecular complexity index is 613. The van der Waals surface area contributed by atoms with E-state index < -0.39 is 0 Å². The van der Waals surface area contributed by atoms with Crippen LogP contribution < -0.4 is 11.2 Å². The van der Waals surface area contributed by atoms with Gasteiger partial charge in [0.2, 0.25) is 0 Å². The second-order valence-electron chi connectivity index (χ2n) is 5.26. The van der Waals surface area contributed by atoms with Gasteiger partial charge in [0.05, 0.1) is 0 Å². The Kier molecular flexibility index (Phi) is 4.77. The molecule has 0 spiro atoms. The van der Waals surface area contributed by atoms with E-state index in [0.29, 0.717) is 11.5 Å². The lowest BCUT2D eigenvalue weighted by atomic mass is 10.4. The Morgan fingerprint density at radius 1 is 1.09 bits per heavy atom. The molecular weight excluding hydrogens is 296 g/mol. The van der Waals surface area contributed by atoms with Crippen molar-refractivity contribution in [1.82, 2.24) is 19.9 Å². The predicted octanol–water partition coefficient (Wildman–Crippen LogP) is 1.78. The van der Waals surface area contributed by atoms with Crippen molar-refractivity contribution in [3.8, 4) is 0 Å². The van der Waals surface area contributed by atoms with Crippen LogP contribution in [0.25, 0.3) is 0 Å². The van der Waals surface area contributed by atoms with Gasteiger partial charge in [-0.25, -0.2) is 15.0 Å². The van der Waals surface area contributed by atoms with Gasteiger partial charge in [-0.05, 0) is 19.2 Å². The quantitative estimate of drug-likeness (QED) is 0.833. The van der Waals surface area contributed by atoms with Crippen LogP contribution in [0.1, 0.15) is 0 Å². The van der Waals surface area contributed by atoms with E-state index in [4.69, 9.17) is 5.73 Å². The Labute approximate surface area is 134 Å². The second kappa shape index (κ2) is 6.95. The molecule has 1 saturated heterocycles. The van der Waals surface area contributed by atoms with Crippen molar-refractivity contribution >= 4 is 23.3 Å². The molecule has 22 heavy (non-hydrogen) atoms. The molecule has 1 fully saturated rings. The molecule has 0 amide bonds. The SMILES string of the molecule is CN1CCN(Nc2ncnc(Sc3ccccc3)c2N)CC1. The largest absolute Gasteiger partial charge is 0.393 e. The number of likely N-dealkylation sites (N-methyl/N-ethyl adjacent to an activating group) is 1. The van der Waals surface area contributed by atoms with Gasteiger partial charge in [0, 0.05) is 31.1 Å². The summed E-state index contributed by atoms with van der Waals surface area (Å²) in [5.41, 5.74) is 10.1. The van der Waals surface area contributed by atoms with Crippen LogP contribution in [0.3, 0.4) is 0 Å². The van der Waals surface area contributed by atoms with Crippen molar-refractivity contribution in [2.24, 2.45) is 0 Å². The molecule has 0 atom stereocenters. The van der Waals surface area contributed by atoms with Gasteiger partial charge < -0.3 is 16.1 Å². The molecule has 0 saturated carbocycles. The zero-order valence-corrected chi connectivity index (χ0v) is 13.4. The highest BCUT2D eigenvalue weighted by Crippen LogP contribution is 2.32. The van der Waals surface area contributed by atoms with Crippen molar-refractivity contribution in [2.45, 2.75) is 9.92 Å². The van der Waals surface area contributed by atoms with Crippen molar-refractivity contribution in [3.05, 3.63) is 36.7 Å². The number of rotatable bonds is 4. The van der Waals surface area contributed by atoms with Gasteiger partial charge in [0.1, 0.15) is 17.0 Å². The zero-order chi connectivity index (χ0) is 15.4. The number of nitrogens with zero attached hydrogens (tertiary/aromatic N) is 4. The Hall–Kier alpha value is -1.83. The number of nitrogen functional groups attached to an aromatic ring is 1. The third-order valence-corrected chi connectivity index (χ3v) is 4.60. The normalized spacial score (nSPS) is 16.6. The predicted molar refractivity (Wildman–Crippen MR) is 89.7 cm³/mol. The Balaban J connectivity index is 1.71. The smallest absolute Gasteiger partial charge is 0.168 e. The van der Waals surface area contributed by atoms with Crippen LogP contribution in [0.5, 0.6) is 0 Å². The van der Waals surface area contributed by atoms with E-state index in [1.54, 1.807) is 18.1 Å². The van der Waals surface area contributed by atoms with Gasteiger partial charge in [0.25, 0.3) is 0 Å². The van der Waals surface area contributed by atoms with Crippen molar-refractivity contribution in [1.29, 1.82) is 0 Å². The summed E-state index contributed by atoms with van der Waals surface area (Å²) < 4.78 is 0. The van der Waals surface area contributed by atoms with Crippen LogP contribution in [0.2, 0.25) is 0 Å². The summed E-state index contributed by atoms with van der Waals surface area (Å²) in [6.45, 7) is 3.95. The Morgan fingerprint density at radius 2 is 1.82 bits per heavy atom. The maximum atomic E-state index is 6.23. The number of aromatic nitrogens is 2. The average molecular weight is 316 g/mol. The first-order valence-corrected chi connectivity index (χ1v) is 8.07. The highest BCUT2D eigenvalue weighted by Gasteiger charge is 2.16. The lowest BCUT2D eigenvalue weighted by Gasteiger charge is -2.32. The topological polar surface area (TPSA) is 70.3 Å². The summed E-state index contributed by atoms with van der Waals surface area (Å²) in [5.74, 6) is 0.679. The summed E-state index contributed by atoms with van der Waals surface area (Å²) in [4.78, 5) is 12.0. The van der Waals surface area contributed by atoms with Crippen LogP contribution >= 0.6 is 11.8 Å². The van der Waals surface area contributed by atoms with Gasteiger partial charge in [-0.1, -0.05) is 30.0 Å². The summed E-state index contributed by atoms with van der Waals surface area (Å²) in [6.07, 6.45) is 1.56. The van der Waals surface area contributed by atoms with Crippen molar-refractivity contribution < 1.29 is 0 Å². The molecule has 0 radical (unpaired) electrons. The number of anilines is 2. The average Bonchev–Trinajstić information content (AvgIpc) is 2.54. The first-order valence-electron chi connectivity index (χ1n) is 7.26. The number of piperazine rings is 1. The summed E-state index contributed by atoms with van der Waals surface area (Å²) in [7, 11) is 2.13. The number of nitrogens with one attached hydrogen (secondary N) is 1. The van der Waals surface area contributed by atoms with E-state index in [1.165, 1.54) is 0 Å². The number of nitrogens with two attached hydrogens (primary N) is 1. The zero-order valence-electron chi connectivity index (χ0n) is 12.6. The number of hydrogen-bond acceptors (Lipinski definition) is 7. The van der Waals surface area contributed by atoms with Crippen molar-refractivity contribution in [2.75, 3.05) is 44.4 Å². The first-order chi connectivity index (χ1) is 10.7. The molecule has 1 aromatic heterocycles. The maximum Gasteiger partial charge on any atom is 0.168 e. The summed E-state index contributed by atoms with van der Waals surface area (Å²) >= 11 is 1.55. The molecule has 0 unspecified atom stereocenters. The van der Waals surface area contributed by atoms with E-state index in [9.17, 15) is 0 Å². The minimum Gasteiger partial charge on any atom is -0.393 e. The molecule has 7 heteroatoms. The third kappa shape index (κ3) is 3.68. The number of benzene rings is 1. The molecule has 3 rings (SSSR count). The molecule has 1 aliphatic heterocycles. The molecule has 0 aliphatic carbocycles. The maximum absolute atomic E-state index is 6.23. The van der Waals surface area contributed by atoms with E-state index in [-0.39, 0.29) is 0 Å². The summed E-state index contributed by atoms with van der Waals surface area (Å²) in [6, 6.07) is 10.1. The van der Waals surface area contributed by atoms with E-state index >= 15 is 0 Å². The molecule has 2 heterocycles. The molecule has 3 N–H and O–H groups in total. The van der Waals surface area contributed by atoms with Gasteiger partial charge in [-0.3, -0.25) is 0 Å². The lowest BCUT2D eigenvalue weighted by molar-refractivity contribution is 0.178. The van der Waals surface area contributed by atoms with Crippen LogP contribution in [0.15, 0.2) is 46.6 Å². The Morgan fingerprint density at radius 3 is 2.55 bits per heavy atom. The monoisotopic (exact) mass is 316 g/mol. The van der Waals surface area contributed by atoms with Gasteiger partial charge in [-0.15, -0.1) is 0 Å². The molecule has 1 aromatic carbocycles. The standard InChI is InChI=1S/C15H20N6S/c1-20-7-9-21(10-8-20)19-14-13(16)15(18-11-17-14)22-12-5-3-2-4-6-12/h2-6,11H,7-10,16H2,1H3,(H,17,18,19). The number of hydrogen-bond donors (Lipinski definition) is 2. The fraction of sp³-hybridized carbons (Fsp3) is 0.333. The molecule has 116 valence electrons. The van der Waals surface area contributed by atoms with Gasteiger partial charge >= 0.3 is 0 Å². The van der Waals surface area contributed by atoms with Crippen LogP contribution in [-0.4, -0.2) is 53.1 Å². The van der Waals surface area contributed by atoms with E-state index in [1.807, 2.05) is 30.3 Å². The number of hydrazine groups is 1. The van der Waals surface area contributed by atoms with E-state index in [0.717, 1.165) is 36.1 Å². The minimum absolute atomic E-state index is 0.593. The molecule has 0 bridgehead atoms. The van der Waals surface area contributed by atoms with E-state index in [2.05, 4.69) is 32.4 Å². The minimum atomic E-state index is 0.593. The van der Waals surface area contributed by atoms with Crippen LogP contribution in [0, 0.1) is 0 Å². The fourth-order valence-electron chi connectivity index (χ4n) is 2.22. The molecule has 1 aliphatic rings. The van der Waals surface area contributed by atoms with Crippen LogP contribution in [-0.2, 0) is 0 Å². The second-order valence-corrected chi connectivity index (χ2v) is 6.32. The fourth-order valence-corrected chi connectivity index (χ4v) is 3.04. The molecule has 6 nitrogen and oxygen atoms in total. The molecule has 2 aromatic rings. The van der Waals surface area contributed by atoms with Crippen LogP contribution in [0.4, 0.5) is 11.5 Å². The summed E-state index contributed by atoms with van der Waals surface area (Å²) in [5, 5.41) is 2.92.